The standard InChI is InChI=1S/C8H13NO/c1-4-5-7-6(2)9(3)8(7)10/h4,6-7H,1,5H2,2-3H3/t6-,7-/m0/s1. The highest BCUT2D eigenvalue weighted by Gasteiger charge is 2.40. The minimum atomic E-state index is 0.211. The third-order valence-corrected chi connectivity index (χ3v) is 2.28. The van der Waals surface area contributed by atoms with Crippen LogP contribution in [0.15, 0.2) is 12.7 Å². The molecule has 0 saturated carbocycles. The number of allylic oxidation sites excluding steroid dienone is 1. The van der Waals surface area contributed by atoms with Gasteiger partial charge in [-0.25, -0.2) is 0 Å². The zero-order chi connectivity index (χ0) is 7.72. The van der Waals surface area contributed by atoms with E-state index in [-0.39, 0.29) is 11.8 Å². The average molecular weight is 139 g/mol. The van der Waals surface area contributed by atoms with Gasteiger partial charge in [-0.3, -0.25) is 4.79 Å². The summed E-state index contributed by atoms with van der Waals surface area (Å²) < 4.78 is 0. The van der Waals surface area contributed by atoms with E-state index in [1.807, 2.05) is 13.1 Å². The van der Waals surface area contributed by atoms with Gasteiger partial charge in [0.15, 0.2) is 0 Å². The molecule has 0 radical (unpaired) electrons. The van der Waals surface area contributed by atoms with Crippen molar-refractivity contribution in [3.63, 3.8) is 0 Å². The van der Waals surface area contributed by atoms with E-state index in [0.29, 0.717) is 6.04 Å². The van der Waals surface area contributed by atoms with Gasteiger partial charge in [0, 0.05) is 13.1 Å². The Morgan fingerprint density at radius 3 is 2.80 bits per heavy atom. The highest BCUT2D eigenvalue weighted by atomic mass is 16.2. The Hall–Kier alpha value is -0.790. The molecule has 2 atom stereocenters. The monoisotopic (exact) mass is 139 g/mol. The van der Waals surface area contributed by atoms with Gasteiger partial charge in [-0.05, 0) is 13.3 Å². The van der Waals surface area contributed by atoms with Crippen LogP contribution < -0.4 is 0 Å². The SMILES string of the molecule is C=CC[C@@H]1C(=O)N(C)[C@H]1C. The van der Waals surface area contributed by atoms with Crippen molar-refractivity contribution in [3.8, 4) is 0 Å². The number of likely N-dealkylation sites (tertiary alicyclic amines) is 1. The third kappa shape index (κ3) is 0.838. The Balaban J connectivity index is 2.49. The molecular weight excluding hydrogens is 126 g/mol. The number of β-lactam (4-membered cyclic amide) rings is 1. The number of amides is 1. The fourth-order valence-corrected chi connectivity index (χ4v) is 1.33. The molecule has 1 aliphatic rings. The van der Waals surface area contributed by atoms with Crippen LogP contribution in [0.5, 0.6) is 0 Å². The Bertz CT molecular complexity index is 165. The van der Waals surface area contributed by atoms with Crippen molar-refractivity contribution in [2.24, 2.45) is 5.92 Å². The van der Waals surface area contributed by atoms with Gasteiger partial charge >= 0.3 is 0 Å². The number of hydrogen-bond acceptors (Lipinski definition) is 1. The van der Waals surface area contributed by atoms with Crippen molar-refractivity contribution < 1.29 is 4.79 Å². The number of carbonyl (C=O) groups excluding carboxylic acids is 1. The normalized spacial score (nSPS) is 31.8. The first-order valence-electron chi connectivity index (χ1n) is 3.56. The van der Waals surface area contributed by atoms with E-state index in [2.05, 4.69) is 13.5 Å². The Kier molecular flexibility index (Phi) is 1.79. The molecule has 1 aliphatic heterocycles. The Morgan fingerprint density at radius 2 is 2.40 bits per heavy atom. The smallest absolute Gasteiger partial charge is 0.228 e. The van der Waals surface area contributed by atoms with E-state index in [1.165, 1.54) is 0 Å². The van der Waals surface area contributed by atoms with Crippen molar-refractivity contribution >= 4 is 5.91 Å². The predicted molar refractivity (Wildman–Crippen MR) is 40.5 cm³/mol. The molecule has 1 rings (SSSR count). The summed E-state index contributed by atoms with van der Waals surface area (Å²) >= 11 is 0. The average Bonchev–Trinajstić information content (AvgIpc) is 1.98. The van der Waals surface area contributed by atoms with Crippen molar-refractivity contribution in [3.05, 3.63) is 12.7 Å². The van der Waals surface area contributed by atoms with E-state index in [1.54, 1.807) is 4.90 Å². The van der Waals surface area contributed by atoms with Crippen LogP contribution in [0.25, 0.3) is 0 Å². The van der Waals surface area contributed by atoms with Crippen molar-refractivity contribution in [1.29, 1.82) is 0 Å². The van der Waals surface area contributed by atoms with E-state index >= 15 is 0 Å². The third-order valence-electron chi connectivity index (χ3n) is 2.28. The lowest BCUT2D eigenvalue weighted by Crippen LogP contribution is -2.56. The van der Waals surface area contributed by atoms with Gasteiger partial charge in [0.05, 0.1) is 5.92 Å². The van der Waals surface area contributed by atoms with Crippen LogP contribution in [0.1, 0.15) is 13.3 Å². The van der Waals surface area contributed by atoms with Gasteiger partial charge in [-0.2, -0.15) is 0 Å². The Morgan fingerprint density at radius 1 is 1.80 bits per heavy atom. The van der Waals surface area contributed by atoms with E-state index in [0.717, 1.165) is 6.42 Å². The second-order valence-electron chi connectivity index (χ2n) is 2.82. The molecule has 1 fully saturated rings. The fraction of sp³-hybridized carbons (Fsp3) is 0.625. The maximum atomic E-state index is 11.0. The molecule has 1 saturated heterocycles. The van der Waals surface area contributed by atoms with Gasteiger partial charge in [-0.15, -0.1) is 6.58 Å². The number of rotatable bonds is 2. The van der Waals surface area contributed by atoms with Crippen LogP contribution >= 0.6 is 0 Å². The first-order chi connectivity index (χ1) is 4.68. The van der Waals surface area contributed by atoms with Gasteiger partial charge in [0.25, 0.3) is 0 Å². The number of hydrogen-bond donors (Lipinski definition) is 0. The molecule has 2 heteroatoms. The van der Waals surface area contributed by atoms with E-state index < -0.39 is 0 Å². The van der Waals surface area contributed by atoms with E-state index in [9.17, 15) is 4.79 Å². The topological polar surface area (TPSA) is 20.3 Å². The quantitative estimate of drug-likeness (QED) is 0.413. The summed E-state index contributed by atoms with van der Waals surface area (Å²) in [6.07, 6.45) is 2.64. The van der Waals surface area contributed by atoms with Crippen LogP contribution in [0.3, 0.4) is 0 Å². The van der Waals surface area contributed by atoms with Crippen molar-refractivity contribution in [2.45, 2.75) is 19.4 Å². The van der Waals surface area contributed by atoms with Crippen molar-refractivity contribution in [2.75, 3.05) is 7.05 Å². The summed E-state index contributed by atoms with van der Waals surface area (Å²) in [6.45, 7) is 5.67. The van der Waals surface area contributed by atoms with Crippen LogP contribution in [0, 0.1) is 5.92 Å². The molecule has 56 valence electrons. The molecule has 0 aromatic carbocycles. The minimum Gasteiger partial charge on any atom is -0.342 e. The minimum absolute atomic E-state index is 0.211. The van der Waals surface area contributed by atoms with Crippen molar-refractivity contribution in [1.82, 2.24) is 4.90 Å². The summed E-state index contributed by atoms with van der Waals surface area (Å²) in [4.78, 5) is 12.8. The molecule has 0 spiro atoms. The maximum Gasteiger partial charge on any atom is 0.228 e. The van der Waals surface area contributed by atoms with E-state index in [4.69, 9.17) is 0 Å². The predicted octanol–water partition coefficient (Wildman–Crippen LogP) is 1.04. The van der Waals surface area contributed by atoms with Crippen LogP contribution in [0.4, 0.5) is 0 Å². The fourth-order valence-electron chi connectivity index (χ4n) is 1.33. The molecule has 0 N–H and O–H groups in total. The lowest BCUT2D eigenvalue weighted by Gasteiger charge is -2.42. The highest BCUT2D eigenvalue weighted by molar-refractivity contribution is 5.85. The molecule has 0 aromatic heterocycles. The maximum absolute atomic E-state index is 11.0. The van der Waals surface area contributed by atoms with Crippen LogP contribution in [-0.4, -0.2) is 23.9 Å². The molecule has 0 aromatic rings. The highest BCUT2D eigenvalue weighted by Crippen LogP contribution is 2.26. The molecule has 1 heterocycles. The molecule has 2 nitrogen and oxygen atoms in total. The molecular formula is C8H13NO. The second-order valence-corrected chi connectivity index (χ2v) is 2.82. The molecule has 0 aliphatic carbocycles. The first-order valence-corrected chi connectivity index (χ1v) is 3.56. The van der Waals surface area contributed by atoms with Gasteiger partial charge in [0.1, 0.15) is 0 Å². The molecule has 1 amide bonds. The zero-order valence-electron chi connectivity index (χ0n) is 6.50. The first kappa shape index (κ1) is 7.32. The lowest BCUT2D eigenvalue weighted by molar-refractivity contribution is -0.151. The van der Waals surface area contributed by atoms with Gasteiger partial charge in [-0.1, -0.05) is 6.08 Å². The summed E-state index contributed by atoms with van der Waals surface area (Å²) in [6, 6.07) is 0.408. The summed E-state index contributed by atoms with van der Waals surface area (Å²) in [5.74, 6) is 0.467. The Labute approximate surface area is 61.5 Å². The largest absolute Gasteiger partial charge is 0.342 e. The lowest BCUT2D eigenvalue weighted by atomic mass is 9.87. The molecule has 10 heavy (non-hydrogen) atoms. The van der Waals surface area contributed by atoms with Gasteiger partial charge in [0.2, 0.25) is 5.91 Å². The zero-order valence-corrected chi connectivity index (χ0v) is 6.50. The summed E-state index contributed by atoms with van der Waals surface area (Å²) in [5, 5.41) is 0. The summed E-state index contributed by atoms with van der Waals surface area (Å²) in [7, 11) is 1.84. The summed E-state index contributed by atoms with van der Waals surface area (Å²) in [5.41, 5.74) is 0. The van der Waals surface area contributed by atoms with Crippen LogP contribution in [-0.2, 0) is 4.79 Å². The number of carbonyl (C=O) groups is 1. The second kappa shape index (κ2) is 2.45. The van der Waals surface area contributed by atoms with Gasteiger partial charge < -0.3 is 4.90 Å². The molecule has 0 unspecified atom stereocenters. The molecule has 0 bridgehead atoms. The number of nitrogens with zero attached hydrogens (tertiary/aromatic N) is 1. The van der Waals surface area contributed by atoms with Crippen LogP contribution in [0.2, 0.25) is 0 Å².